The Bertz CT molecular complexity index is 1170. The number of amides is 1. The summed E-state index contributed by atoms with van der Waals surface area (Å²) in [5.74, 6) is 1.04. The minimum atomic E-state index is -3.86. The molecule has 2 aromatic carbocycles. The molecule has 0 fully saturated rings. The second-order valence-corrected chi connectivity index (χ2v) is 9.13. The number of ether oxygens (including phenoxy) is 2. The third kappa shape index (κ3) is 5.97. The predicted octanol–water partition coefficient (Wildman–Crippen LogP) is 4.19. The molecule has 168 valence electrons. The highest BCUT2D eigenvalue weighted by molar-refractivity contribution is 7.89. The second kappa shape index (κ2) is 10.4. The molecule has 0 spiro atoms. The predicted molar refractivity (Wildman–Crippen MR) is 122 cm³/mol. The van der Waals surface area contributed by atoms with E-state index in [4.69, 9.17) is 21.1 Å². The van der Waals surface area contributed by atoms with Crippen molar-refractivity contribution in [3.63, 3.8) is 0 Å². The van der Waals surface area contributed by atoms with E-state index in [-0.39, 0.29) is 4.90 Å². The summed E-state index contributed by atoms with van der Waals surface area (Å²) in [6.45, 7) is 2.04. The molecule has 1 heterocycles. The van der Waals surface area contributed by atoms with Gasteiger partial charge < -0.3 is 14.8 Å². The molecule has 1 N–H and O–H groups in total. The molecule has 1 aromatic heterocycles. The monoisotopic (exact) mass is 475 g/mol. The van der Waals surface area contributed by atoms with Crippen molar-refractivity contribution in [1.82, 2.24) is 9.29 Å². The van der Waals surface area contributed by atoms with Crippen LogP contribution < -0.4 is 14.8 Å². The van der Waals surface area contributed by atoms with Crippen LogP contribution in [0.15, 0.2) is 71.9 Å². The molecule has 0 saturated heterocycles. The van der Waals surface area contributed by atoms with E-state index >= 15 is 0 Å². The SMILES string of the molecule is CCOc1ccc(Oc2ccc(Cl)cc2NC(=O)CN(C)S(=O)(=O)c2cccnc2)cc1. The number of likely N-dealkylation sites (N-methyl/N-ethyl adjacent to an activating group) is 1. The van der Waals surface area contributed by atoms with Gasteiger partial charge in [-0.3, -0.25) is 9.78 Å². The van der Waals surface area contributed by atoms with Gasteiger partial charge in [0, 0.05) is 24.5 Å². The van der Waals surface area contributed by atoms with Crippen LogP contribution in [0, 0.1) is 0 Å². The van der Waals surface area contributed by atoms with E-state index in [1.807, 2.05) is 6.92 Å². The topological polar surface area (TPSA) is 97.8 Å². The molecule has 3 aromatic rings. The van der Waals surface area contributed by atoms with Crippen LogP contribution in [0.5, 0.6) is 17.2 Å². The van der Waals surface area contributed by atoms with Gasteiger partial charge in [-0.25, -0.2) is 8.42 Å². The first-order valence-corrected chi connectivity index (χ1v) is 11.5. The van der Waals surface area contributed by atoms with Gasteiger partial charge in [-0.2, -0.15) is 4.31 Å². The average molecular weight is 476 g/mol. The van der Waals surface area contributed by atoms with Crippen LogP contribution in [0.25, 0.3) is 0 Å². The van der Waals surface area contributed by atoms with Gasteiger partial charge in [0.1, 0.15) is 16.4 Å². The number of carbonyl (C=O) groups is 1. The van der Waals surface area contributed by atoms with Gasteiger partial charge in [0.05, 0.1) is 18.8 Å². The molecule has 1 amide bonds. The summed E-state index contributed by atoms with van der Waals surface area (Å²) < 4.78 is 37.4. The molecule has 0 bridgehead atoms. The molecule has 32 heavy (non-hydrogen) atoms. The Morgan fingerprint density at radius 2 is 1.84 bits per heavy atom. The molecule has 0 aliphatic carbocycles. The minimum absolute atomic E-state index is 0.00224. The van der Waals surface area contributed by atoms with Crippen LogP contribution in [0.1, 0.15) is 6.92 Å². The van der Waals surface area contributed by atoms with Crippen LogP contribution in [0.4, 0.5) is 5.69 Å². The van der Waals surface area contributed by atoms with Gasteiger partial charge in [0.2, 0.25) is 15.9 Å². The fourth-order valence-corrected chi connectivity index (χ4v) is 4.01. The lowest BCUT2D eigenvalue weighted by molar-refractivity contribution is -0.116. The molecule has 0 atom stereocenters. The maximum absolute atomic E-state index is 12.6. The van der Waals surface area contributed by atoms with Crippen LogP contribution in [-0.2, 0) is 14.8 Å². The van der Waals surface area contributed by atoms with Crippen molar-refractivity contribution >= 4 is 33.2 Å². The molecular formula is C22H22ClN3O5S. The number of hydrogen-bond donors (Lipinski definition) is 1. The summed E-state index contributed by atoms with van der Waals surface area (Å²) in [7, 11) is -2.54. The Hall–Kier alpha value is -3.14. The normalized spacial score (nSPS) is 11.2. The van der Waals surface area contributed by atoms with Gasteiger partial charge in [0.25, 0.3) is 0 Å². The molecule has 8 nitrogen and oxygen atoms in total. The highest BCUT2D eigenvalue weighted by atomic mass is 35.5. The first-order chi connectivity index (χ1) is 15.3. The summed E-state index contributed by atoms with van der Waals surface area (Å²) in [5, 5.41) is 3.05. The Kier molecular flexibility index (Phi) is 7.68. The van der Waals surface area contributed by atoms with E-state index in [1.165, 1.54) is 37.6 Å². The Morgan fingerprint density at radius 3 is 2.50 bits per heavy atom. The van der Waals surface area contributed by atoms with Crippen LogP contribution >= 0.6 is 11.6 Å². The number of nitrogens with one attached hydrogen (secondary N) is 1. The Morgan fingerprint density at radius 1 is 1.12 bits per heavy atom. The van der Waals surface area contributed by atoms with E-state index < -0.39 is 22.5 Å². The van der Waals surface area contributed by atoms with Crippen molar-refractivity contribution in [2.45, 2.75) is 11.8 Å². The third-order valence-corrected chi connectivity index (χ3v) is 6.31. The van der Waals surface area contributed by atoms with Crippen molar-refractivity contribution in [2.75, 3.05) is 25.5 Å². The number of carbonyl (C=O) groups excluding carboxylic acids is 1. The minimum Gasteiger partial charge on any atom is -0.494 e. The molecule has 0 aliphatic rings. The number of nitrogens with zero attached hydrogens (tertiary/aromatic N) is 2. The number of hydrogen-bond acceptors (Lipinski definition) is 6. The highest BCUT2D eigenvalue weighted by Crippen LogP contribution is 2.32. The molecule has 0 radical (unpaired) electrons. The number of pyridine rings is 1. The smallest absolute Gasteiger partial charge is 0.244 e. The van der Waals surface area contributed by atoms with Crippen LogP contribution in [-0.4, -0.2) is 43.8 Å². The Labute approximate surface area is 191 Å². The maximum Gasteiger partial charge on any atom is 0.244 e. The number of rotatable bonds is 9. The fourth-order valence-electron chi connectivity index (χ4n) is 2.74. The van der Waals surface area contributed by atoms with Gasteiger partial charge in [-0.1, -0.05) is 11.6 Å². The molecular weight excluding hydrogens is 454 g/mol. The summed E-state index contributed by atoms with van der Waals surface area (Å²) in [6.07, 6.45) is 2.69. The molecule has 10 heteroatoms. The third-order valence-electron chi connectivity index (χ3n) is 4.29. The first-order valence-electron chi connectivity index (χ1n) is 9.66. The van der Waals surface area contributed by atoms with E-state index in [2.05, 4.69) is 10.3 Å². The summed E-state index contributed by atoms with van der Waals surface area (Å²) in [5.41, 5.74) is 0.309. The number of sulfonamides is 1. The zero-order valence-electron chi connectivity index (χ0n) is 17.5. The van der Waals surface area contributed by atoms with Crippen molar-refractivity contribution in [3.05, 3.63) is 72.0 Å². The summed E-state index contributed by atoms with van der Waals surface area (Å²) in [6, 6.07) is 14.7. The number of halogens is 1. The maximum atomic E-state index is 12.6. The van der Waals surface area contributed by atoms with Crippen molar-refractivity contribution < 1.29 is 22.7 Å². The Balaban J connectivity index is 1.72. The lowest BCUT2D eigenvalue weighted by atomic mass is 10.2. The van der Waals surface area contributed by atoms with Crippen LogP contribution in [0.3, 0.4) is 0 Å². The number of aromatic nitrogens is 1. The standard InChI is InChI=1S/C22H22ClN3O5S/c1-3-30-17-7-9-18(10-8-17)31-21-11-6-16(23)13-20(21)25-22(27)15-26(2)32(28,29)19-5-4-12-24-14-19/h4-14H,3,15H2,1-2H3,(H,25,27). The van der Waals surface area contributed by atoms with Gasteiger partial charge >= 0.3 is 0 Å². The van der Waals surface area contributed by atoms with E-state index in [9.17, 15) is 13.2 Å². The fraction of sp³-hybridized carbons (Fsp3) is 0.182. The number of anilines is 1. The van der Waals surface area contributed by atoms with E-state index in [0.29, 0.717) is 34.6 Å². The van der Waals surface area contributed by atoms with Crippen molar-refractivity contribution in [3.8, 4) is 17.2 Å². The lowest BCUT2D eigenvalue weighted by Crippen LogP contribution is -2.35. The highest BCUT2D eigenvalue weighted by Gasteiger charge is 2.23. The molecule has 0 unspecified atom stereocenters. The quantitative estimate of drug-likeness (QED) is 0.498. The summed E-state index contributed by atoms with van der Waals surface area (Å²) >= 11 is 6.08. The van der Waals surface area contributed by atoms with Gasteiger partial charge in [0.15, 0.2) is 5.75 Å². The lowest BCUT2D eigenvalue weighted by Gasteiger charge is -2.18. The molecule has 0 saturated carbocycles. The average Bonchev–Trinajstić information content (AvgIpc) is 2.77. The zero-order chi connectivity index (χ0) is 23.1. The summed E-state index contributed by atoms with van der Waals surface area (Å²) in [4.78, 5) is 16.4. The van der Waals surface area contributed by atoms with Crippen molar-refractivity contribution in [2.24, 2.45) is 0 Å². The molecule has 3 rings (SSSR count). The molecule has 0 aliphatic heterocycles. The largest absolute Gasteiger partial charge is 0.494 e. The van der Waals surface area contributed by atoms with E-state index in [1.54, 1.807) is 36.4 Å². The van der Waals surface area contributed by atoms with Gasteiger partial charge in [-0.05, 0) is 61.5 Å². The van der Waals surface area contributed by atoms with E-state index in [0.717, 1.165) is 4.31 Å². The zero-order valence-corrected chi connectivity index (χ0v) is 19.1. The van der Waals surface area contributed by atoms with Gasteiger partial charge in [-0.15, -0.1) is 0 Å². The second-order valence-electron chi connectivity index (χ2n) is 6.64. The van der Waals surface area contributed by atoms with Crippen LogP contribution in [0.2, 0.25) is 5.02 Å². The van der Waals surface area contributed by atoms with Crippen molar-refractivity contribution in [1.29, 1.82) is 0 Å². The number of benzene rings is 2. The first kappa shape index (κ1) is 23.5.